The van der Waals surface area contributed by atoms with Crippen LogP contribution in [0.3, 0.4) is 0 Å². The second-order valence-electron chi connectivity index (χ2n) is 4.66. The first kappa shape index (κ1) is 13.7. The second-order valence-corrected chi connectivity index (χ2v) is 4.66. The van der Waals surface area contributed by atoms with Crippen molar-refractivity contribution < 1.29 is 4.92 Å². The van der Waals surface area contributed by atoms with E-state index in [2.05, 4.69) is 15.1 Å². The molecule has 8 nitrogen and oxygen atoms in total. The zero-order valence-corrected chi connectivity index (χ0v) is 11.7. The van der Waals surface area contributed by atoms with Gasteiger partial charge in [-0.05, 0) is 25.1 Å². The Morgan fingerprint density at radius 2 is 2.14 bits per heavy atom. The van der Waals surface area contributed by atoms with Crippen molar-refractivity contribution in [3.63, 3.8) is 0 Å². The fraction of sp³-hybridized carbons (Fsp3) is 0.0714. The smallest absolute Gasteiger partial charge is 0.319 e. The van der Waals surface area contributed by atoms with E-state index in [1.807, 2.05) is 19.1 Å². The topological polar surface area (TPSA) is 113 Å². The number of pyridine rings is 2. The summed E-state index contributed by atoms with van der Waals surface area (Å²) in [5, 5.41) is 15.4. The van der Waals surface area contributed by atoms with E-state index in [1.54, 1.807) is 23.0 Å². The molecule has 3 rings (SSSR count). The van der Waals surface area contributed by atoms with Gasteiger partial charge in [-0.3, -0.25) is 10.1 Å². The normalized spacial score (nSPS) is 10.6. The van der Waals surface area contributed by atoms with E-state index in [0.717, 1.165) is 5.69 Å². The van der Waals surface area contributed by atoms with Crippen LogP contribution in [0.2, 0.25) is 0 Å². The summed E-state index contributed by atoms with van der Waals surface area (Å²) in [6.45, 7) is 1.88. The Hall–Kier alpha value is -3.29. The Bertz CT molecular complexity index is 858. The summed E-state index contributed by atoms with van der Waals surface area (Å²) in [7, 11) is 0. The van der Waals surface area contributed by atoms with Gasteiger partial charge < -0.3 is 5.73 Å². The van der Waals surface area contributed by atoms with E-state index in [9.17, 15) is 10.1 Å². The molecule has 2 N–H and O–H groups in total. The summed E-state index contributed by atoms with van der Waals surface area (Å²) in [4.78, 5) is 18.8. The van der Waals surface area contributed by atoms with Crippen LogP contribution in [0.25, 0.3) is 16.9 Å². The Morgan fingerprint density at radius 3 is 2.86 bits per heavy atom. The number of anilines is 1. The van der Waals surface area contributed by atoms with Crippen LogP contribution in [0, 0.1) is 17.0 Å². The first-order chi connectivity index (χ1) is 10.6. The number of nitrogen functional groups attached to an aromatic ring is 1. The lowest BCUT2D eigenvalue weighted by Crippen LogP contribution is -2.00. The molecule has 0 unspecified atom stereocenters. The molecule has 0 bridgehead atoms. The third-order valence-corrected chi connectivity index (χ3v) is 3.14. The minimum absolute atomic E-state index is 0.121. The molecule has 0 aliphatic rings. The number of aryl methyl sites for hydroxylation is 1. The Kier molecular flexibility index (Phi) is 3.26. The highest BCUT2D eigenvalue weighted by Crippen LogP contribution is 2.32. The lowest BCUT2D eigenvalue weighted by Gasteiger charge is -2.02. The molecule has 0 amide bonds. The number of rotatable bonds is 3. The van der Waals surface area contributed by atoms with Crippen molar-refractivity contribution in [1.82, 2.24) is 19.7 Å². The van der Waals surface area contributed by atoms with Gasteiger partial charge in [-0.25, -0.2) is 14.6 Å². The van der Waals surface area contributed by atoms with Crippen molar-refractivity contribution in [2.45, 2.75) is 6.92 Å². The van der Waals surface area contributed by atoms with E-state index >= 15 is 0 Å². The van der Waals surface area contributed by atoms with Gasteiger partial charge in [0.05, 0.1) is 16.7 Å². The summed E-state index contributed by atoms with van der Waals surface area (Å²) in [6.07, 6.45) is 4.63. The zero-order chi connectivity index (χ0) is 15.7. The van der Waals surface area contributed by atoms with Crippen LogP contribution >= 0.6 is 0 Å². The minimum atomic E-state index is -0.542. The lowest BCUT2D eigenvalue weighted by molar-refractivity contribution is -0.383. The molecule has 0 saturated heterocycles. The molecule has 0 saturated carbocycles. The fourth-order valence-corrected chi connectivity index (χ4v) is 2.14. The SMILES string of the molecule is Cc1cccc(-n2cc(-c3ccnc(N)c3[N+](=O)[O-])cn2)n1. The molecule has 3 heterocycles. The Labute approximate surface area is 125 Å². The molecular formula is C14H12N6O2. The van der Waals surface area contributed by atoms with Gasteiger partial charge in [0.1, 0.15) is 0 Å². The van der Waals surface area contributed by atoms with Gasteiger partial charge >= 0.3 is 5.69 Å². The molecule has 22 heavy (non-hydrogen) atoms. The predicted molar refractivity (Wildman–Crippen MR) is 80.4 cm³/mol. The average molecular weight is 296 g/mol. The number of nitrogens with two attached hydrogens (primary N) is 1. The maximum atomic E-state index is 11.2. The average Bonchev–Trinajstić information content (AvgIpc) is 2.96. The highest BCUT2D eigenvalue weighted by molar-refractivity contribution is 5.78. The van der Waals surface area contributed by atoms with E-state index in [4.69, 9.17) is 5.73 Å². The zero-order valence-electron chi connectivity index (χ0n) is 11.7. The lowest BCUT2D eigenvalue weighted by atomic mass is 10.1. The van der Waals surface area contributed by atoms with E-state index in [-0.39, 0.29) is 11.5 Å². The van der Waals surface area contributed by atoms with E-state index < -0.39 is 4.92 Å². The largest absolute Gasteiger partial charge is 0.378 e. The van der Waals surface area contributed by atoms with Crippen LogP contribution < -0.4 is 5.73 Å². The molecule has 0 aliphatic carbocycles. The van der Waals surface area contributed by atoms with Gasteiger partial charge in [0.2, 0.25) is 5.82 Å². The van der Waals surface area contributed by atoms with Gasteiger partial charge in [-0.15, -0.1) is 0 Å². The van der Waals surface area contributed by atoms with Crippen molar-refractivity contribution in [3.8, 4) is 16.9 Å². The third-order valence-electron chi connectivity index (χ3n) is 3.14. The van der Waals surface area contributed by atoms with Crippen LogP contribution in [0.1, 0.15) is 5.69 Å². The quantitative estimate of drug-likeness (QED) is 0.585. The van der Waals surface area contributed by atoms with Gasteiger partial charge in [-0.2, -0.15) is 5.10 Å². The van der Waals surface area contributed by atoms with Gasteiger partial charge in [0.25, 0.3) is 0 Å². The standard InChI is InChI=1S/C14H12N6O2/c1-9-3-2-4-12(18-9)19-8-10(7-17-19)11-5-6-16-14(15)13(11)20(21)22/h2-8H,1H3,(H2,15,16). The van der Waals surface area contributed by atoms with E-state index in [0.29, 0.717) is 16.9 Å². The number of nitrogens with zero attached hydrogens (tertiary/aromatic N) is 5. The van der Waals surface area contributed by atoms with Crippen LogP contribution in [0.5, 0.6) is 0 Å². The maximum absolute atomic E-state index is 11.2. The van der Waals surface area contributed by atoms with Crippen LogP contribution in [-0.2, 0) is 0 Å². The molecule has 3 aromatic rings. The number of hydrogen-bond acceptors (Lipinski definition) is 6. The molecular weight excluding hydrogens is 284 g/mol. The molecule has 8 heteroatoms. The predicted octanol–water partition coefficient (Wildman–Crippen LogP) is 2.13. The fourth-order valence-electron chi connectivity index (χ4n) is 2.14. The molecule has 0 radical (unpaired) electrons. The molecule has 0 spiro atoms. The Morgan fingerprint density at radius 1 is 1.32 bits per heavy atom. The first-order valence-electron chi connectivity index (χ1n) is 6.44. The van der Waals surface area contributed by atoms with Crippen molar-refractivity contribution in [1.29, 1.82) is 0 Å². The highest BCUT2D eigenvalue weighted by atomic mass is 16.6. The number of hydrogen-bond donors (Lipinski definition) is 1. The highest BCUT2D eigenvalue weighted by Gasteiger charge is 2.21. The molecule has 0 fully saturated rings. The molecule has 0 aliphatic heterocycles. The summed E-state index contributed by atoms with van der Waals surface area (Å²) >= 11 is 0. The van der Waals surface area contributed by atoms with Crippen molar-refractivity contribution in [2.24, 2.45) is 0 Å². The third kappa shape index (κ3) is 2.37. The summed E-state index contributed by atoms with van der Waals surface area (Å²) in [5.41, 5.74) is 7.18. The molecule has 110 valence electrons. The van der Waals surface area contributed by atoms with Gasteiger partial charge in [-0.1, -0.05) is 6.07 Å². The molecule has 0 aromatic carbocycles. The number of nitro groups is 1. The van der Waals surface area contributed by atoms with Crippen LogP contribution in [0.15, 0.2) is 42.9 Å². The second kappa shape index (κ2) is 5.24. The van der Waals surface area contributed by atoms with Crippen molar-refractivity contribution in [2.75, 3.05) is 5.73 Å². The van der Waals surface area contributed by atoms with E-state index in [1.165, 1.54) is 12.4 Å². The maximum Gasteiger partial charge on any atom is 0.319 e. The molecule has 3 aromatic heterocycles. The van der Waals surface area contributed by atoms with Gasteiger partial charge in [0.15, 0.2) is 5.82 Å². The first-order valence-corrected chi connectivity index (χ1v) is 6.44. The van der Waals surface area contributed by atoms with Gasteiger partial charge in [0, 0.05) is 23.7 Å². The Balaban J connectivity index is 2.09. The molecule has 0 atom stereocenters. The monoisotopic (exact) mass is 296 g/mol. The van der Waals surface area contributed by atoms with Crippen molar-refractivity contribution in [3.05, 3.63) is 58.7 Å². The number of aromatic nitrogens is 4. The summed E-state index contributed by atoms with van der Waals surface area (Å²) in [5.74, 6) is 0.514. The minimum Gasteiger partial charge on any atom is -0.378 e. The summed E-state index contributed by atoms with van der Waals surface area (Å²) in [6, 6.07) is 7.09. The van der Waals surface area contributed by atoms with Crippen molar-refractivity contribution >= 4 is 11.5 Å². The van der Waals surface area contributed by atoms with Crippen LogP contribution in [-0.4, -0.2) is 24.7 Å². The van der Waals surface area contributed by atoms with Crippen LogP contribution in [0.4, 0.5) is 11.5 Å². The summed E-state index contributed by atoms with van der Waals surface area (Å²) < 4.78 is 1.56.